The third-order valence-electron chi connectivity index (χ3n) is 2.98. The minimum atomic E-state index is -4.42. The number of hydrogen-bond acceptors (Lipinski definition) is 1. The molecule has 1 N–H and O–H groups in total. The standard InChI is InChI=1S/C15H12BrClF3N/c1-9(13-4-2-3-5-14(13)16)21-12-7-10(15(18,19)20)6-11(17)8-12/h2-9,21H,1H3. The van der Waals surface area contributed by atoms with Crippen molar-refractivity contribution in [3.63, 3.8) is 0 Å². The molecule has 0 aliphatic carbocycles. The van der Waals surface area contributed by atoms with Crippen molar-refractivity contribution in [3.05, 3.63) is 63.1 Å². The van der Waals surface area contributed by atoms with Gasteiger partial charge in [0.1, 0.15) is 0 Å². The molecule has 2 aromatic rings. The summed E-state index contributed by atoms with van der Waals surface area (Å²) in [5.74, 6) is 0. The molecule has 21 heavy (non-hydrogen) atoms. The van der Waals surface area contributed by atoms with E-state index in [0.29, 0.717) is 5.69 Å². The maximum Gasteiger partial charge on any atom is 0.416 e. The van der Waals surface area contributed by atoms with Gasteiger partial charge in [0.25, 0.3) is 0 Å². The van der Waals surface area contributed by atoms with E-state index >= 15 is 0 Å². The lowest BCUT2D eigenvalue weighted by atomic mass is 10.1. The second kappa shape index (κ2) is 6.28. The Morgan fingerprint density at radius 3 is 2.43 bits per heavy atom. The van der Waals surface area contributed by atoms with Crippen molar-refractivity contribution in [1.29, 1.82) is 0 Å². The average Bonchev–Trinajstić information content (AvgIpc) is 2.37. The fourth-order valence-corrected chi connectivity index (χ4v) is 2.85. The Hall–Kier alpha value is -1.20. The van der Waals surface area contributed by atoms with Crippen LogP contribution >= 0.6 is 27.5 Å². The molecule has 0 heterocycles. The maximum absolute atomic E-state index is 12.8. The van der Waals surface area contributed by atoms with E-state index in [4.69, 9.17) is 11.6 Å². The highest BCUT2D eigenvalue weighted by Gasteiger charge is 2.31. The van der Waals surface area contributed by atoms with Crippen LogP contribution in [0.2, 0.25) is 5.02 Å². The zero-order valence-electron chi connectivity index (χ0n) is 11.0. The van der Waals surface area contributed by atoms with Gasteiger partial charge in [0.15, 0.2) is 0 Å². The highest BCUT2D eigenvalue weighted by Crippen LogP contribution is 2.34. The second-order valence-electron chi connectivity index (χ2n) is 4.61. The van der Waals surface area contributed by atoms with Crippen LogP contribution in [0.3, 0.4) is 0 Å². The Morgan fingerprint density at radius 2 is 1.81 bits per heavy atom. The molecule has 6 heteroatoms. The van der Waals surface area contributed by atoms with Gasteiger partial charge in [0.05, 0.1) is 5.56 Å². The third kappa shape index (κ3) is 4.14. The van der Waals surface area contributed by atoms with E-state index < -0.39 is 11.7 Å². The lowest BCUT2D eigenvalue weighted by molar-refractivity contribution is -0.137. The quantitative estimate of drug-likeness (QED) is 0.661. The first kappa shape index (κ1) is 16.2. The molecule has 0 aromatic heterocycles. The predicted molar refractivity (Wildman–Crippen MR) is 82.6 cm³/mol. The highest BCUT2D eigenvalue weighted by atomic mass is 79.9. The summed E-state index contributed by atoms with van der Waals surface area (Å²) in [6.45, 7) is 1.87. The summed E-state index contributed by atoms with van der Waals surface area (Å²) in [5.41, 5.74) is 0.515. The van der Waals surface area contributed by atoms with Gasteiger partial charge in [0, 0.05) is 21.2 Å². The summed E-state index contributed by atoms with van der Waals surface area (Å²) in [6, 6.07) is 10.8. The van der Waals surface area contributed by atoms with E-state index in [9.17, 15) is 13.2 Å². The van der Waals surface area contributed by atoms with Gasteiger partial charge >= 0.3 is 6.18 Å². The molecule has 0 saturated carbocycles. The van der Waals surface area contributed by atoms with Crippen molar-refractivity contribution in [2.24, 2.45) is 0 Å². The van der Waals surface area contributed by atoms with Gasteiger partial charge in [-0.2, -0.15) is 13.2 Å². The van der Waals surface area contributed by atoms with Crippen molar-refractivity contribution in [2.45, 2.75) is 19.1 Å². The first-order valence-electron chi connectivity index (χ1n) is 6.16. The largest absolute Gasteiger partial charge is 0.416 e. The summed E-state index contributed by atoms with van der Waals surface area (Å²) >= 11 is 9.19. The number of anilines is 1. The predicted octanol–water partition coefficient (Wildman–Crippen LogP) is 6.29. The Morgan fingerprint density at radius 1 is 1.14 bits per heavy atom. The van der Waals surface area contributed by atoms with Crippen LogP contribution in [-0.4, -0.2) is 0 Å². The molecule has 1 atom stereocenters. The normalized spacial score (nSPS) is 13.0. The monoisotopic (exact) mass is 377 g/mol. The Bertz CT molecular complexity index is 643. The van der Waals surface area contributed by atoms with Gasteiger partial charge in [-0.05, 0) is 36.8 Å². The molecule has 112 valence electrons. The number of hydrogen-bond donors (Lipinski definition) is 1. The Kier molecular flexibility index (Phi) is 4.84. The lowest BCUT2D eigenvalue weighted by Crippen LogP contribution is -2.10. The van der Waals surface area contributed by atoms with E-state index in [1.807, 2.05) is 31.2 Å². The van der Waals surface area contributed by atoms with Crippen molar-refractivity contribution in [2.75, 3.05) is 5.32 Å². The molecule has 0 saturated heterocycles. The smallest absolute Gasteiger partial charge is 0.378 e. The first-order valence-corrected chi connectivity index (χ1v) is 7.33. The van der Waals surface area contributed by atoms with Gasteiger partial charge in [-0.25, -0.2) is 0 Å². The molecule has 0 amide bonds. The van der Waals surface area contributed by atoms with E-state index in [1.54, 1.807) is 0 Å². The zero-order chi connectivity index (χ0) is 15.6. The molecule has 2 rings (SSSR count). The van der Waals surface area contributed by atoms with Crippen LogP contribution in [0.4, 0.5) is 18.9 Å². The number of benzene rings is 2. The molecular weight excluding hydrogens is 367 g/mol. The molecule has 1 nitrogen and oxygen atoms in total. The third-order valence-corrected chi connectivity index (χ3v) is 3.92. The Balaban J connectivity index is 2.28. The Labute approximate surface area is 134 Å². The molecule has 0 aliphatic heterocycles. The maximum atomic E-state index is 12.8. The molecular formula is C15H12BrClF3N. The van der Waals surface area contributed by atoms with Crippen LogP contribution in [0.5, 0.6) is 0 Å². The van der Waals surface area contributed by atoms with Crippen LogP contribution in [0.15, 0.2) is 46.9 Å². The fraction of sp³-hybridized carbons (Fsp3) is 0.200. The van der Waals surface area contributed by atoms with Gasteiger partial charge < -0.3 is 5.32 Å². The summed E-state index contributed by atoms with van der Waals surface area (Å²) in [4.78, 5) is 0. The van der Waals surface area contributed by atoms with Crippen molar-refractivity contribution >= 4 is 33.2 Å². The molecule has 1 unspecified atom stereocenters. The van der Waals surface area contributed by atoms with Crippen LogP contribution in [0, 0.1) is 0 Å². The molecule has 0 radical (unpaired) electrons. The summed E-state index contributed by atoms with van der Waals surface area (Å²) in [5, 5.41) is 3.09. The van der Waals surface area contributed by atoms with Gasteiger partial charge in [-0.3, -0.25) is 0 Å². The topological polar surface area (TPSA) is 12.0 Å². The fourth-order valence-electron chi connectivity index (χ4n) is 1.99. The summed E-state index contributed by atoms with van der Waals surface area (Å²) in [7, 11) is 0. The van der Waals surface area contributed by atoms with Crippen LogP contribution in [0.1, 0.15) is 24.1 Å². The minimum Gasteiger partial charge on any atom is -0.378 e. The van der Waals surface area contributed by atoms with Crippen molar-refractivity contribution in [1.82, 2.24) is 0 Å². The number of nitrogens with one attached hydrogen (secondary N) is 1. The molecule has 0 aliphatic rings. The van der Waals surface area contributed by atoms with E-state index in [0.717, 1.165) is 22.2 Å². The van der Waals surface area contributed by atoms with Crippen LogP contribution in [-0.2, 0) is 6.18 Å². The van der Waals surface area contributed by atoms with Gasteiger partial charge in [-0.1, -0.05) is 45.7 Å². The molecule has 0 spiro atoms. The number of rotatable bonds is 3. The van der Waals surface area contributed by atoms with Crippen molar-refractivity contribution < 1.29 is 13.2 Å². The molecule has 0 bridgehead atoms. The van der Waals surface area contributed by atoms with Crippen LogP contribution in [0.25, 0.3) is 0 Å². The van der Waals surface area contributed by atoms with E-state index in [2.05, 4.69) is 21.2 Å². The minimum absolute atomic E-state index is 0.0478. The molecule has 2 aromatic carbocycles. The summed E-state index contributed by atoms with van der Waals surface area (Å²) < 4.78 is 39.2. The van der Waals surface area contributed by atoms with E-state index in [1.165, 1.54) is 6.07 Å². The summed E-state index contributed by atoms with van der Waals surface area (Å²) in [6.07, 6.45) is -4.42. The highest BCUT2D eigenvalue weighted by molar-refractivity contribution is 9.10. The van der Waals surface area contributed by atoms with Gasteiger partial charge in [0.2, 0.25) is 0 Å². The number of halogens is 5. The van der Waals surface area contributed by atoms with E-state index in [-0.39, 0.29) is 11.1 Å². The van der Waals surface area contributed by atoms with Crippen molar-refractivity contribution in [3.8, 4) is 0 Å². The molecule has 0 fully saturated rings. The average molecular weight is 379 g/mol. The van der Waals surface area contributed by atoms with Crippen LogP contribution < -0.4 is 5.32 Å². The second-order valence-corrected chi connectivity index (χ2v) is 5.90. The lowest BCUT2D eigenvalue weighted by Gasteiger charge is -2.18. The zero-order valence-corrected chi connectivity index (χ0v) is 13.4. The first-order chi connectivity index (χ1) is 9.77. The SMILES string of the molecule is CC(Nc1cc(Cl)cc(C(F)(F)F)c1)c1ccccc1Br. The number of alkyl halides is 3. The van der Waals surface area contributed by atoms with Gasteiger partial charge in [-0.15, -0.1) is 0 Å².